The van der Waals surface area contributed by atoms with Crippen molar-refractivity contribution in [2.24, 2.45) is 0 Å². The lowest BCUT2D eigenvalue weighted by atomic mass is 10.0. The minimum absolute atomic E-state index is 0.628. The molecule has 1 heterocycles. The van der Waals surface area contributed by atoms with Gasteiger partial charge in [-0.15, -0.1) is 0 Å². The van der Waals surface area contributed by atoms with E-state index in [1.165, 1.54) is 44.5 Å². The SMILES string of the molecule is CCCCCN1CCNC(Cc2ccccc2)C1. The second kappa shape index (κ2) is 7.55. The summed E-state index contributed by atoms with van der Waals surface area (Å²) in [7, 11) is 0. The lowest BCUT2D eigenvalue weighted by Crippen LogP contribution is -2.51. The van der Waals surface area contributed by atoms with Crippen molar-refractivity contribution >= 4 is 0 Å². The quantitative estimate of drug-likeness (QED) is 0.776. The molecule has 18 heavy (non-hydrogen) atoms. The van der Waals surface area contributed by atoms with Gasteiger partial charge in [-0.05, 0) is 24.9 Å². The van der Waals surface area contributed by atoms with Gasteiger partial charge in [0.25, 0.3) is 0 Å². The Morgan fingerprint density at radius 1 is 1.22 bits per heavy atom. The zero-order chi connectivity index (χ0) is 12.6. The van der Waals surface area contributed by atoms with Gasteiger partial charge in [0, 0.05) is 25.7 Å². The van der Waals surface area contributed by atoms with Gasteiger partial charge in [-0.1, -0.05) is 50.1 Å². The molecule has 0 aromatic heterocycles. The molecule has 2 heteroatoms. The average molecular weight is 246 g/mol. The summed E-state index contributed by atoms with van der Waals surface area (Å²) in [6.07, 6.45) is 5.20. The first-order chi connectivity index (χ1) is 8.88. The molecular weight excluding hydrogens is 220 g/mol. The molecule has 2 nitrogen and oxygen atoms in total. The van der Waals surface area contributed by atoms with E-state index in [4.69, 9.17) is 0 Å². The lowest BCUT2D eigenvalue weighted by Gasteiger charge is -2.33. The fourth-order valence-corrected chi connectivity index (χ4v) is 2.72. The largest absolute Gasteiger partial charge is 0.311 e. The van der Waals surface area contributed by atoms with E-state index in [1.807, 2.05) is 0 Å². The molecule has 100 valence electrons. The smallest absolute Gasteiger partial charge is 0.0235 e. The average Bonchev–Trinajstić information content (AvgIpc) is 2.41. The molecule has 1 N–H and O–H groups in total. The Balaban J connectivity index is 1.76. The van der Waals surface area contributed by atoms with Crippen molar-refractivity contribution in [1.82, 2.24) is 10.2 Å². The predicted octanol–water partition coefficient (Wildman–Crippen LogP) is 2.69. The van der Waals surface area contributed by atoms with Crippen molar-refractivity contribution in [3.63, 3.8) is 0 Å². The highest BCUT2D eigenvalue weighted by atomic mass is 15.2. The standard InChI is InChI=1S/C16H26N2/c1-2-3-7-11-18-12-10-17-16(14-18)13-15-8-5-4-6-9-15/h4-6,8-9,16-17H,2-3,7,10-14H2,1H3. The van der Waals surface area contributed by atoms with E-state index < -0.39 is 0 Å². The maximum Gasteiger partial charge on any atom is 0.0235 e. The van der Waals surface area contributed by atoms with Crippen LogP contribution in [0.15, 0.2) is 30.3 Å². The number of nitrogens with one attached hydrogen (secondary N) is 1. The van der Waals surface area contributed by atoms with E-state index in [0.29, 0.717) is 6.04 Å². The third kappa shape index (κ3) is 4.43. The second-order valence-electron chi connectivity index (χ2n) is 5.35. The minimum atomic E-state index is 0.628. The Morgan fingerprint density at radius 3 is 2.83 bits per heavy atom. The van der Waals surface area contributed by atoms with Crippen molar-refractivity contribution in [2.75, 3.05) is 26.2 Å². The van der Waals surface area contributed by atoms with Crippen LogP contribution in [0.1, 0.15) is 31.7 Å². The fourth-order valence-electron chi connectivity index (χ4n) is 2.72. The molecule has 0 bridgehead atoms. The first-order valence-corrected chi connectivity index (χ1v) is 7.38. The summed E-state index contributed by atoms with van der Waals surface area (Å²) in [5, 5.41) is 3.65. The summed E-state index contributed by atoms with van der Waals surface area (Å²) in [6.45, 7) is 7.12. The molecule has 1 saturated heterocycles. The van der Waals surface area contributed by atoms with Gasteiger partial charge in [0.2, 0.25) is 0 Å². The third-order valence-electron chi connectivity index (χ3n) is 3.74. The van der Waals surface area contributed by atoms with Crippen LogP contribution in [-0.2, 0) is 6.42 Å². The first-order valence-electron chi connectivity index (χ1n) is 7.38. The van der Waals surface area contributed by atoms with Crippen LogP contribution in [0.25, 0.3) is 0 Å². The minimum Gasteiger partial charge on any atom is -0.311 e. The number of benzene rings is 1. The molecule has 0 spiro atoms. The van der Waals surface area contributed by atoms with E-state index in [9.17, 15) is 0 Å². The van der Waals surface area contributed by atoms with Crippen LogP contribution in [0, 0.1) is 0 Å². The highest BCUT2D eigenvalue weighted by molar-refractivity contribution is 5.16. The summed E-state index contributed by atoms with van der Waals surface area (Å²) in [5.41, 5.74) is 1.45. The van der Waals surface area contributed by atoms with E-state index in [-0.39, 0.29) is 0 Å². The Bertz CT molecular complexity index is 323. The summed E-state index contributed by atoms with van der Waals surface area (Å²) in [6, 6.07) is 11.5. The fraction of sp³-hybridized carbons (Fsp3) is 0.625. The topological polar surface area (TPSA) is 15.3 Å². The lowest BCUT2D eigenvalue weighted by molar-refractivity contribution is 0.196. The molecule has 1 atom stereocenters. The van der Waals surface area contributed by atoms with Gasteiger partial charge < -0.3 is 10.2 Å². The molecule has 1 aliphatic heterocycles. The number of hydrogen-bond acceptors (Lipinski definition) is 2. The zero-order valence-corrected chi connectivity index (χ0v) is 11.6. The molecule has 2 rings (SSSR count). The number of rotatable bonds is 6. The van der Waals surface area contributed by atoms with E-state index in [1.54, 1.807) is 0 Å². The van der Waals surface area contributed by atoms with Crippen LogP contribution in [0.3, 0.4) is 0 Å². The highest BCUT2D eigenvalue weighted by Gasteiger charge is 2.18. The van der Waals surface area contributed by atoms with Gasteiger partial charge in [0.1, 0.15) is 0 Å². The third-order valence-corrected chi connectivity index (χ3v) is 3.74. The van der Waals surface area contributed by atoms with Crippen molar-refractivity contribution in [1.29, 1.82) is 0 Å². The predicted molar refractivity (Wildman–Crippen MR) is 77.9 cm³/mol. The molecule has 1 aromatic rings. The van der Waals surface area contributed by atoms with E-state index in [2.05, 4.69) is 47.5 Å². The van der Waals surface area contributed by atoms with Gasteiger partial charge in [-0.3, -0.25) is 0 Å². The normalized spacial score (nSPS) is 21.1. The van der Waals surface area contributed by atoms with Crippen molar-refractivity contribution in [2.45, 2.75) is 38.6 Å². The molecule has 1 aromatic carbocycles. The summed E-state index contributed by atoms with van der Waals surface area (Å²) < 4.78 is 0. The van der Waals surface area contributed by atoms with Crippen LogP contribution >= 0.6 is 0 Å². The Hall–Kier alpha value is -0.860. The van der Waals surface area contributed by atoms with Gasteiger partial charge in [0.15, 0.2) is 0 Å². The highest BCUT2D eigenvalue weighted by Crippen LogP contribution is 2.08. The van der Waals surface area contributed by atoms with Crippen LogP contribution < -0.4 is 5.32 Å². The number of piperazine rings is 1. The van der Waals surface area contributed by atoms with Gasteiger partial charge in [-0.25, -0.2) is 0 Å². The Kier molecular flexibility index (Phi) is 5.69. The summed E-state index contributed by atoms with van der Waals surface area (Å²) in [5.74, 6) is 0. The maximum absolute atomic E-state index is 3.65. The Morgan fingerprint density at radius 2 is 2.06 bits per heavy atom. The van der Waals surface area contributed by atoms with Crippen molar-refractivity contribution in [3.05, 3.63) is 35.9 Å². The molecular formula is C16H26N2. The van der Waals surface area contributed by atoms with Crippen molar-refractivity contribution < 1.29 is 0 Å². The zero-order valence-electron chi connectivity index (χ0n) is 11.6. The summed E-state index contributed by atoms with van der Waals surface area (Å²) >= 11 is 0. The molecule has 0 aliphatic carbocycles. The monoisotopic (exact) mass is 246 g/mol. The van der Waals surface area contributed by atoms with Crippen LogP contribution in [0.2, 0.25) is 0 Å². The molecule has 0 amide bonds. The summed E-state index contributed by atoms with van der Waals surface area (Å²) in [4.78, 5) is 2.62. The van der Waals surface area contributed by atoms with Crippen LogP contribution in [0.5, 0.6) is 0 Å². The van der Waals surface area contributed by atoms with Gasteiger partial charge >= 0.3 is 0 Å². The van der Waals surface area contributed by atoms with Crippen molar-refractivity contribution in [3.8, 4) is 0 Å². The van der Waals surface area contributed by atoms with E-state index >= 15 is 0 Å². The molecule has 0 saturated carbocycles. The molecule has 1 unspecified atom stereocenters. The van der Waals surface area contributed by atoms with Gasteiger partial charge in [-0.2, -0.15) is 0 Å². The Labute approximate surface area is 111 Å². The number of nitrogens with zero attached hydrogens (tertiary/aromatic N) is 1. The van der Waals surface area contributed by atoms with Crippen LogP contribution in [-0.4, -0.2) is 37.1 Å². The van der Waals surface area contributed by atoms with E-state index in [0.717, 1.165) is 13.0 Å². The second-order valence-corrected chi connectivity index (χ2v) is 5.35. The molecule has 0 radical (unpaired) electrons. The van der Waals surface area contributed by atoms with Gasteiger partial charge in [0.05, 0.1) is 0 Å². The maximum atomic E-state index is 3.65. The molecule has 1 fully saturated rings. The molecule has 1 aliphatic rings. The number of unbranched alkanes of at least 4 members (excludes halogenated alkanes) is 2. The first kappa shape index (κ1) is 13.6. The van der Waals surface area contributed by atoms with Crippen LogP contribution in [0.4, 0.5) is 0 Å². The number of hydrogen-bond donors (Lipinski definition) is 1.